The Balaban J connectivity index is 3.97. The fraction of sp³-hybridized carbons (Fsp3) is 0.875. The zero-order valence-corrected chi connectivity index (χ0v) is 12.7. The molecule has 0 aliphatic rings. The summed E-state index contributed by atoms with van der Waals surface area (Å²) >= 11 is 0. The summed E-state index contributed by atoms with van der Waals surface area (Å²) in [6, 6.07) is 0. The Morgan fingerprint density at radius 3 is 1.84 bits per heavy atom. The average Bonchev–Trinajstić information content (AvgIpc) is 2.43. The number of nitrogens with zero attached hydrogens (tertiary/aromatic N) is 1. The van der Waals surface area contributed by atoms with Crippen molar-refractivity contribution in [2.75, 3.05) is 13.1 Å². The highest BCUT2D eigenvalue weighted by atomic mass is 16.2. The topological polar surface area (TPSA) is 37.4 Å². The first-order chi connectivity index (χ1) is 9.26. The normalized spacial score (nSPS) is 10.4. The van der Waals surface area contributed by atoms with Gasteiger partial charge in [0.25, 0.3) is 0 Å². The minimum atomic E-state index is 0.122. The molecule has 1 radical (unpaired) electrons. The highest BCUT2D eigenvalue weighted by molar-refractivity contribution is 5.78. The van der Waals surface area contributed by atoms with Gasteiger partial charge >= 0.3 is 0 Å². The predicted molar refractivity (Wildman–Crippen MR) is 79.8 cm³/mol. The summed E-state index contributed by atoms with van der Waals surface area (Å²) in [5.74, 6) is 0.122. The maximum absolute atomic E-state index is 12.0. The van der Waals surface area contributed by atoms with Gasteiger partial charge < -0.3 is 4.90 Å². The maximum Gasteiger partial charge on any atom is 0.223 e. The number of hydrogen-bond acceptors (Lipinski definition) is 2. The van der Waals surface area contributed by atoms with E-state index in [1.807, 2.05) is 11.2 Å². The van der Waals surface area contributed by atoms with Crippen LogP contribution in [0.4, 0.5) is 0 Å². The molecule has 3 nitrogen and oxygen atoms in total. The molecular formula is C16H30NO2. The molecule has 1 amide bonds. The van der Waals surface area contributed by atoms with Crippen LogP contribution in [0.25, 0.3) is 0 Å². The lowest BCUT2D eigenvalue weighted by Gasteiger charge is -2.22. The molecule has 0 fully saturated rings. The van der Waals surface area contributed by atoms with E-state index in [0.29, 0.717) is 6.42 Å². The van der Waals surface area contributed by atoms with E-state index in [2.05, 4.69) is 13.8 Å². The molecule has 0 spiro atoms. The Kier molecular flexibility index (Phi) is 13.0. The Labute approximate surface area is 118 Å². The second-order valence-corrected chi connectivity index (χ2v) is 5.15. The first-order valence-electron chi connectivity index (χ1n) is 7.89. The van der Waals surface area contributed by atoms with Gasteiger partial charge in [-0.1, -0.05) is 52.4 Å². The number of carbonyl (C=O) groups excluding carboxylic acids is 2. The number of unbranched alkanes of at least 4 members (excludes halogenated alkanes) is 6. The van der Waals surface area contributed by atoms with Crippen molar-refractivity contribution in [3.8, 4) is 0 Å². The van der Waals surface area contributed by atoms with Crippen LogP contribution >= 0.6 is 0 Å². The van der Waals surface area contributed by atoms with E-state index in [9.17, 15) is 9.59 Å². The van der Waals surface area contributed by atoms with Crippen LogP contribution in [0, 0.1) is 0 Å². The largest absolute Gasteiger partial charge is 0.343 e. The molecule has 0 aromatic carbocycles. The fourth-order valence-electron chi connectivity index (χ4n) is 2.14. The SMILES string of the molecule is CCCCCCN(CCCCCC)C(=O)CC[C]=O. The lowest BCUT2D eigenvalue weighted by molar-refractivity contribution is -0.131. The number of amides is 1. The van der Waals surface area contributed by atoms with E-state index in [1.165, 1.54) is 38.5 Å². The molecule has 0 aromatic heterocycles. The zero-order valence-electron chi connectivity index (χ0n) is 12.7. The molecule has 3 heteroatoms. The van der Waals surface area contributed by atoms with Gasteiger partial charge in [-0.25, -0.2) is 0 Å². The summed E-state index contributed by atoms with van der Waals surface area (Å²) in [6.07, 6.45) is 11.8. The summed E-state index contributed by atoms with van der Waals surface area (Å²) in [6.45, 7) is 6.08. The van der Waals surface area contributed by atoms with Crippen molar-refractivity contribution >= 4 is 12.2 Å². The van der Waals surface area contributed by atoms with Crippen LogP contribution in [0.5, 0.6) is 0 Å². The quantitative estimate of drug-likeness (QED) is 0.476. The minimum Gasteiger partial charge on any atom is -0.343 e. The van der Waals surface area contributed by atoms with Gasteiger partial charge in [0.1, 0.15) is 0 Å². The van der Waals surface area contributed by atoms with Gasteiger partial charge in [0.05, 0.1) is 0 Å². The van der Waals surface area contributed by atoms with E-state index in [0.717, 1.165) is 25.9 Å². The molecule has 0 aliphatic carbocycles. The van der Waals surface area contributed by atoms with Crippen molar-refractivity contribution < 1.29 is 9.59 Å². The number of rotatable bonds is 13. The maximum atomic E-state index is 12.0. The van der Waals surface area contributed by atoms with Gasteiger partial charge in [0.15, 0.2) is 6.29 Å². The average molecular weight is 268 g/mol. The van der Waals surface area contributed by atoms with Gasteiger partial charge in [-0.15, -0.1) is 0 Å². The standard InChI is InChI=1S/C16H30NO2/c1-3-5-7-9-13-17(14-10-8-6-4-2)16(19)12-11-15-18/h3-14H2,1-2H3. The third-order valence-corrected chi connectivity index (χ3v) is 3.36. The number of carbonyl (C=O) groups is 1. The van der Waals surface area contributed by atoms with Crippen LogP contribution in [-0.4, -0.2) is 30.2 Å². The summed E-state index contributed by atoms with van der Waals surface area (Å²) < 4.78 is 0. The molecule has 111 valence electrons. The third kappa shape index (κ3) is 10.7. The lowest BCUT2D eigenvalue weighted by Crippen LogP contribution is -2.32. The van der Waals surface area contributed by atoms with Crippen molar-refractivity contribution in [3.05, 3.63) is 0 Å². The van der Waals surface area contributed by atoms with Crippen LogP contribution in [-0.2, 0) is 9.59 Å². The Hall–Kier alpha value is -0.860. The highest BCUT2D eigenvalue weighted by Crippen LogP contribution is 2.07. The van der Waals surface area contributed by atoms with Crippen molar-refractivity contribution in [2.24, 2.45) is 0 Å². The molecule has 19 heavy (non-hydrogen) atoms. The molecule has 0 aromatic rings. The van der Waals surface area contributed by atoms with Gasteiger partial charge in [-0.2, -0.15) is 0 Å². The predicted octanol–water partition coefficient (Wildman–Crippen LogP) is 3.87. The third-order valence-electron chi connectivity index (χ3n) is 3.36. The summed E-state index contributed by atoms with van der Waals surface area (Å²) in [5.41, 5.74) is 0. The van der Waals surface area contributed by atoms with Crippen LogP contribution in [0.3, 0.4) is 0 Å². The molecule has 0 atom stereocenters. The Morgan fingerprint density at radius 2 is 1.42 bits per heavy atom. The monoisotopic (exact) mass is 268 g/mol. The van der Waals surface area contributed by atoms with Crippen molar-refractivity contribution in [1.29, 1.82) is 0 Å². The van der Waals surface area contributed by atoms with E-state index >= 15 is 0 Å². The van der Waals surface area contributed by atoms with E-state index < -0.39 is 0 Å². The van der Waals surface area contributed by atoms with Crippen LogP contribution in [0.1, 0.15) is 78.1 Å². The van der Waals surface area contributed by atoms with Gasteiger partial charge in [0.2, 0.25) is 5.91 Å². The molecule has 0 aliphatic heterocycles. The van der Waals surface area contributed by atoms with Gasteiger partial charge in [0, 0.05) is 25.9 Å². The molecular weight excluding hydrogens is 238 g/mol. The van der Waals surface area contributed by atoms with Gasteiger partial charge in [-0.05, 0) is 12.8 Å². The second kappa shape index (κ2) is 13.6. The molecule has 0 unspecified atom stereocenters. The van der Waals surface area contributed by atoms with Crippen molar-refractivity contribution in [3.63, 3.8) is 0 Å². The van der Waals surface area contributed by atoms with E-state index in [-0.39, 0.29) is 12.3 Å². The second-order valence-electron chi connectivity index (χ2n) is 5.15. The van der Waals surface area contributed by atoms with Crippen LogP contribution in [0.2, 0.25) is 0 Å². The molecule has 0 rings (SSSR count). The first-order valence-corrected chi connectivity index (χ1v) is 7.89. The molecule has 0 saturated heterocycles. The van der Waals surface area contributed by atoms with Crippen molar-refractivity contribution in [1.82, 2.24) is 4.90 Å². The first kappa shape index (κ1) is 18.1. The van der Waals surface area contributed by atoms with Crippen LogP contribution < -0.4 is 0 Å². The molecule has 0 N–H and O–H groups in total. The van der Waals surface area contributed by atoms with E-state index in [4.69, 9.17) is 0 Å². The molecule has 0 bridgehead atoms. The Morgan fingerprint density at radius 1 is 0.895 bits per heavy atom. The molecule has 0 saturated carbocycles. The lowest BCUT2D eigenvalue weighted by atomic mass is 10.1. The summed E-state index contributed by atoms with van der Waals surface area (Å²) in [7, 11) is 0. The zero-order chi connectivity index (χ0) is 14.3. The van der Waals surface area contributed by atoms with Crippen LogP contribution in [0.15, 0.2) is 0 Å². The molecule has 0 heterocycles. The fourth-order valence-corrected chi connectivity index (χ4v) is 2.14. The Bertz CT molecular complexity index is 217. The highest BCUT2D eigenvalue weighted by Gasteiger charge is 2.12. The summed E-state index contributed by atoms with van der Waals surface area (Å²) in [4.78, 5) is 24.2. The van der Waals surface area contributed by atoms with Crippen molar-refractivity contribution in [2.45, 2.75) is 78.1 Å². The number of hydrogen-bond donors (Lipinski definition) is 0. The smallest absolute Gasteiger partial charge is 0.223 e. The van der Waals surface area contributed by atoms with Gasteiger partial charge in [-0.3, -0.25) is 9.59 Å². The van der Waals surface area contributed by atoms with E-state index in [1.54, 1.807) is 0 Å². The minimum absolute atomic E-state index is 0.122. The summed E-state index contributed by atoms with van der Waals surface area (Å²) in [5, 5.41) is 0.